The Labute approximate surface area is 128 Å². The number of hydrogen-bond acceptors (Lipinski definition) is 4. The van der Waals surface area contributed by atoms with Crippen LogP contribution in [-0.2, 0) is 10.0 Å². The molecule has 112 valence electrons. The first kappa shape index (κ1) is 15.8. The Morgan fingerprint density at radius 1 is 1.45 bits per heavy atom. The predicted molar refractivity (Wildman–Crippen MR) is 81.7 cm³/mol. The molecule has 0 saturated carbocycles. The lowest BCUT2D eigenvalue weighted by Gasteiger charge is -2.31. The molecule has 1 aromatic carbocycles. The molecule has 0 aliphatic carbocycles. The van der Waals surface area contributed by atoms with E-state index >= 15 is 0 Å². The van der Waals surface area contributed by atoms with Crippen molar-refractivity contribution in [2.75, 3.05) is 25.4 Å². The number of benzene rings is 1. The molecule has 1 aromatic rings. The van der Waals surface area contributed by atoms with Gasteiger partial charge in [-0.1, -0.05) is 0 Å². The highest BCUT2D eigenvalue weighted by atomic mass is 79.9. The van der Waals surface area contributed by atoms with Crippen LogP contribution >= 0.6 is 15.9 Å². The third kappa shape index (κ3) is 3.33. The van der Waals surface area contributed by atoms with Gasteiger partial charge in [-0.2, -0.15) is 4.31 Å². The second kappa shape index (κ2) is 6.43. The number of rotatable bonds is 4. The predicted octanol–water partition coefficient (Wildman–Crippen LogP) is 1.81. The molecule has 1 atom stereocenters. The Kier molecular flexibility index (Phi) is 5.06. The zero-order valence-electron chi connectivity index (χ0n) is 11.1. The number of aliphatic hydroxyl groups excluding tert-OH is 1. The first-order valence-corrected chi connectivity index (χ1v) is 8.84. The molecule has 1 aliphatic rings. The van der Waals surface area contributed by atoms with Crippen molar-refractivity contribution in [2.45, 2.75) is 24.2 Å². The van der Waals surface area contributed by atoms with Crippen LogP contribution < -0.4 is 5.73 Å². The lowest BCUT2D eigenvalue weighted by atomic mass is 9.97. The molecule has 0 radical (unpaired) electrons. The summed E-state index contributed by atoms with van der Waals surface area (Å²) in [6.07, 6.45) is 2.45. The molecular formula is C13H19BrN2O3S. The van der Waals surface area contributed by atoms with E-state index in [1.807, 2.05) is 0 Å². The van der Waals surface area contributed by atoms with Gasteiger partial charge in [0.25, 0.3) is 0 Å². The van der Waals surface area contributed by atoms with Crippen molar-refractivity contribution in [3.63, 3.8) is 0 Å². The minimum atomic E-state index is -3.49. The van der Waals surface area contributed by atoms with E-state index in [4.69, 9.17) is 10.8 Å². The van der Waals surface area contributed by atoms with Crippen LogP contribution in [0.15, 0.2) is 27.6 Å². The van der Waals surface area contributed by atoms with Gasteiger partial charge in [0.2, 0.25) is 10.0 Å². The molecule has 1 unspecified atom stereocenters. The smallest absolute Gasteiger partial charge is 0.243 e. The average Bonchev–Trinajstić information content (AvgIpc) is 2.42. The van der Waals surface area contributed by atoms with Crippen molar-refractivity contribution in [1.29, 1.82) is 0 Å². The Morgan fingerprint density at radius 2 is 2.20 bits per heavy atom. The fourth-order valence-corrected chi connectivity index (χ4v) is 4.59. The van der Waals surface area contributed by atoms with Gasteiger partial charge in [0, 0.05) is 29.9 Å². The Balaban J connectivity index is 2.23. The zero-order chi connectivity index (χ0) is 14.8. The third-order valence-electron chi connectivity index (χ3n) is 3.63. The topological polar surface area (TPSA) is 83.6 Å². The molecule has 20 heavy (non-hydrogen) atoms. The lowest BCUT2D eigenvalue weighted by Crippen LogP contribution is -2.40. The standard InChI is InChI=1S/C13H19BrN2O3S/c14-12-8-11(3-4-13(12)15)20(18,19)16-6-1-2-10(9-16)5-7-17/h3-4,8,10,17H,1-2,5-7,9,15H2. The molecule has 0 amide bonds. The van der Waals surface area contributed by atoms with E-state index < -0.39 is 10.0 Å². The first-order chi connectivity index (χ1) is 9.45. The van der Waals surface area contributed by atoms with Gasteiger partial charge in [-0.3, -0.25) is 0 Å². The summed E-state index contributed by atoms with van der Waals surface area (Å²) in [7, 11) is -3.49. The first-order valence-electron chi connectivity index (χ1n) is 6.61. The summed E-state index contributed by atoms with van der Waals surface area (Å²) >= 11 is 3.26. The molecule has 1 saturated heterocycles. The van der Waals surface area contributed by atoms with Crippen LogP contribution in [0.5, 0.6) is 0 Å². The van der Waals surface area contributed by atoms with Crippen LogP contribution in [0.25, 0.3) is 0 Å². The summed E-state index contributed by atoms with van der Waals surface area (Å²) in [4.78, 5) is 0.253. The molecule has 1 aliphatic heterocycles. The number of nitrogen functional groups attached to an aromatic ring is 1. The summed E-state index contributed by atoms with van der Waals surface area (Å²) in [5.41, 5.74) is 6.20. The van der Waals surface area contributed by atoms with Crippen molar-refractivity contribution in [3.05, 3.63) is 22.7 Å². The van der Waals surface area contributed by atoms with Gasteiger partial charge in [-0.25, -0.2) is 8.42 Å². The highest BCUT2D eigenvalue weighted by Crippen LogP contribution is 2.28. The van der Waals surface area contributed by atoms with E-state index in [-0.39, 0.29) is 17.4 Å². The molecule has 3 N–H and O–H groups in total. The Bertz CT molecular complexity index is 575. The number of piperidine rings is 1. The van der Waals surface area contributed by atoms with Gasteiger partial charge >= 0.3 is 0 Å². The van der Waals surface area contributed by atoms with Gasteiger partial charge in [0.1, 0.15) is 0 Å². The largest absolute Gasteiger partial charge is 0.398 e. The summed E-state index contributed by atoms with van der Waals surface area (Å²) in [5, 5.41) is 9.00. The van der Waals surface area contributed by atoms with Crippen molar-refractivity contribution in [3.8, 4) is 0 Å². The molecule has 0 aromatic heterocycles. The van der Waals surface area contributed by atoms with E-state index in [1.165, 1.54) is 10.4 Å². The second-order valence-electron chi connectivity index (χ2n) is 5.07. The highest BCUT2D eigenvalue weighted by molar-refractivity contribution is 9.10. The molecule has 0 spiro atoms. The maximum Gasteiger partial charge on any atom is 0.243 e. The maximum absolute atomic E-state index is 12.6. The molecule has 7 heteroatoms. The minimum absolute atomic E-state index is 0.103. The minimum Gasteiger partial charge on any atom is -0.398 e. The number of aliphatic hydroxyl groups is 1. The molecular weight excluding hydrogens is 344 g/mol. The average molecular weight is 363 g/mol. The van der Waals surface area contributed by atoms with Gasteiger partial charge in [-0.05, 0) is 59.3 Å². The van der Waals surface area contributed by atoms with Crippen molar-refractivity contribution >= 4 is 31.6 Å². The van der Waals surface area contributed by atoms with Crippen LogP contribution in [0.2, 0.25) is 0 Å². The zero-order valence-corrected chi connectivity index (χ0v) is 13.5. The number of anilines is 1. The van der Waals surface area contributed by atoms with E-state index in [0.29, 0.717) is 29.7 Å². The number of sulfonamides is 1. The number of halogens is 1. The quantitative estimate of drug-likeness (QED) is 0.800. The van der Waals surface area contributed by atoms with E-state index in [9.17, 15) is 8.42 Å². The van der Waals surface area contributed by atoms with Gasteiger partial charge in [0.15, 0.2) is 0 Å². The fraction of sp³-hybridized carbons (Fsp3) is 0.538. The Hall–Kier alpha value is -0.630. The fourth-order valence-electron chi connectivity index (χ4n) is 2.48. The van der Waals surface area contributed by atoms with Crippen molar-refractivity contribution in [1.82, 2.24) is 4.31 Å². The molecule has 1 fully saturated rings. The van der Waals surface area contributed by atoms with Gasteiger partial charge < -0.3 is 10.8 Å². The summed E-state index contributed by atoms with van der Waals surface area (Å²) in [6, 6.07) is 4.66. The summed E-state index contributed by atoms with van der Waals surface area (Å²) in [5.74, 6) is 0.237. The molecule has 2 rings (SSSR count). The highest BCUT2D eigenvalue weighted by Gasteiger charge is 2.30. The maximum atomic E-state index is 12.6. The van der Waals surface area contributed by atoms with E-state index in [2.05, 4.69) is 15.9 Å². The van der Waals surface area contributed by atoms with Crippen LogP contribution in [0.4, 0.5) is 5.69 Å². The van der Waals surface area contributed by atoms with Crippen LogP contribution in [0.3, 0.4) is 0 Å². The lowest BCUT2D eigenvalue weighted by molar-refractivity contribution is 0.203. The summed E-state index contributed by atoms with van der Waals surface area (Å²) < 4.78 is 27.3. The normalized spacial score (nSPS) is 21.0. The van der Waals surface area contributed by atoms with Crippen LogP contribution in [-0.4, -0.2) is 37.5 Å². The van der Waals surface area contributed by atoms with Crippen LogP contribution in [0, 0.1) is 5.92 Å². The monoisotopic (exact) mass is 362 g/mol. The van der Waals surface area contributed by atoms with Crippen molar-refractivity contribution < 1.29 is 13.5 Å². The molecule has 5 nitrogen and oxygen atoms in total. The summed E-state index contributed by atoms with van der Waals surface area (Å²) in [6.45, 7) is 1.11. The number of nitrogens with zero attached hydrogens (tertiary/aromatic N) is 1. The van der Waals surface area contributed by atoms with E-state index in [0.717, 1.165) is 12.8 Å². The number of hydrogen-bond donors (Lipinski definition) is 2. The second-order valence-corrected chi connectivity index (χ2v) is 7.86. The van der Waals surface area contributed by atoms with Crippen molar-refractivity contribution in [2.24, 2.45) is 5.92 Å². The third-order valence-corrected chi connectivity index (χ3v) is 6.18. The van der Waals surface area contributed by atoms with Gasteiger partial charge in [-0.15, -0.1) is 0 Å². The Morgan fingerprint density at radius 3 is 2.85 bits per heavy atom. The number of nitrogens with two attached hydrogens (primary N) is 1. The SMILES string of the molecule is Nc1ccc(S(=O)(=O)N2CCCC(CCO)C2)cc1Br. The van der Waals surface area contributed by atoms with Crippen LogP contribution in [0.1, 0.15) is 19.3 Å². The molecule has 0 bridgehead atoms. The van der Waals surface area contributed by atoms with Gasteiger partial charge in [0.05, 0.1) is 4.90 Å². The van der Waals surface area contributed by atoms with E-state index in [1.54, 1.807) is 12.1 Å². The molecule has 1 heterocycles.